The predicted molar refractivity (Wildman–Crippen MR) is 111 cm³/mol. The van der Waals surface area contributed by atoms with Crippen LogP contribution in [0.15, 0.2) is 42.5 Å². The van der Waals surface area contributed by atoms with E-state index in [2.05, 4.69) is 0 Å². The molecule has 1 aliphatic carbocycles. The normalized spacial score (nSPS) is 16.8. The zero-order valence-electron chi connectivity index (χ0n) is 17.8. The number of halogens is 3. The molecule has 5 nitrogen and oxygen atoms in total. The Morgan fingerprint density at radius 2 is 1.78 bits per heavy atom. The molecule has 1 heterocycles. The molecule has 2 aromatic rings. The molecule has 8 heteroatoms. The van der Waals surface area contributed by atoms with Gasteiger partial charge in [-0.1, -0.05) is 23.8 Å². The fourth-order valence-corrected chi connectivity index (χ4v) is 4.17. The number of aryl methyl sites for hydroxylation is 1. The quantitative estimate of drug-likeness (QED) is 0.604. The summed E-state index contributed by atoms with van der Waals surface area (Å²) < 4.78 is 39.3. The molecule has 0 radical (unpaired) electrons. The Morgan fingerprint density at radius 3 is 2.44 bits per heavy atom. The van der Waals surface area contributed by atoms with Crippen molar-refractivity contribution in [2.75, 3.05) is 6.54 Å². The lowest BCUT2D eigenvalue weighted by Gasteiger charge is -2.31. The van der Waals surface area contributed by atoms with Crippen molar-refractivity contribution >= 4 is 17.7 Å². The minimum atomic E-state index is -4.46. The van der Waals surface area contributed by atoms with Gasteiger partial charge in [-0.3, -0.25) is 19.3 Å². The van der Waals surface area contributed by atoms with E-state index in [9.17, 15) is 27.6 Å². The minimum Gasteiger partial charge on any atom is -0.333 e. The molecule has 2 aliphatic rings. The number of nitrogens with zero attached hydrogens (tertiary/aromatic N) is 2. The summed E-state index contributed by atoms with van der Waals surface area (Å²) >= 11 is 0. The van der Waals surface area contributed by atoms with Gasteiger partial charge in [-0.05, 0) is 56.5 Å². The molecule has 1 fully saturated rings. The Labute approximate surface area is 183 Å². The number of imide groups is 1. The third-order valence-electron chi connectivity index (χ3n) is 6.02. The molecule has 1 atom stereocenters. The van der Waals surface area contributed by atoms with Crippen LogP contribution < -0.4 is 0 Å². The maximum absolute atomic E-state index is 13.1. The molecular weight excluding hydrogens is 421 g/mol. The molecule has 4 rings (SSSR count). The van der Waals surface area contributed by atoms with Crippen LogP contribution in [0.5, 0.6) is 0 Å². The average Bonchev–Trinajstić information content (AvgIpc) is 3.54. The van der Waals surface area contributed by atoms with Gasteiger partial charge < -0.3 is 4.90 Å². The molecule has 168 valence electrons. The molecule has 32 heavy (non-hydrogen) atoms. The number of hydrogen-bond acceptors (Lipinski definition) is 3. The largest absolute Gasteiger partial charge is 0.416 e. The van der Waals surface area contributed by atoms with Gasteiger partial charge >= 0.3 is 6.18 Å². The van der Waals surface area contributed by atoms with Gasteiger partial charge in [0.2, 0.25) is 5.91 Å². The van der Waals surface area contributed by atoms with E-state index in [1.54, 1.807) is 36.1 Å². The van der Waals surface area contributed by atoms with Crippen LogP contribution in [0.4, 0.5) is 13.2 Å². The van der Waals surface area contributed by atoms with Crippen LogP contribution in [-0.2, 0) is 11.0 Å². The number of carbonyl (C=O) groups is 3. The summed E-state index contributed by atoms with van der Waals surface area (Å²) in [7, 11) is 0. The predicted octanol–water partition coefficient (Wildman–Crippen LogP) is 4.75. The summed E-state index contributed by atoms with van der Waals surface area (Å²) in [5, 5.41) is 0. The Balaban J connectivity index is 1.48. The topological polar surface area (TPSA) is 57.7 Å². The molecule has 0 bridgehead atoms. The lowest BCUT2D eigenvalue weighted by molar-refractivity contribution is -0.137. The van der Waals surface area contributed by atoms with Crippen LogP contribution in [0.3, 0.4) is 0 Å². The molecule has 2 aromatic carbocycles. The van der Waals surface area contributed by atoms with Crippen molar-refractivity contribution in [2.45, 2.75) is 51.4 Å². The first-order chi connectivity index (χ1) is 15.1. The van der Waals surface area contributed by atoms with E-state index in [1.807, 2.05) is 6.92 Å². The summed E-state index contributed by atoms with van der Waals surface area (Å²) in [6, 6.07) is 9.41. The first-order valence-corrected chi connectivity index (χ1v) is 10.5. The van der Waals surface area contributed by atoms with Crippen molar-refractivity contribution in [1.82, 2.24) is 9.80 Å². The summed E-state index contributed by atoms with van der Waals surface area (Å²) in [4.78, 5) is 41.0. The Morgan fingerprint density at radius 1 is 1.09 bits per heavy atom. The summed E-state index contributed by atoms with van der Waals surface area (Å²) in [5.41, 5.74) is 1.16. The molecule has 0 spiro atoms. The molecule has 3 amide bonds. The van der Waals surface area contributed by atoms with Gasteiger partial charge in [-0.25, -0.2) is 0 Å². The first kappa shape index (κ1) is 22.0. The number of rotatable bonds is 6. The van der Waals surface area contributed by atoms with Gasteiger partial charge in [-0.2, -0.15) is 13.2 Å². The third kappa shape index (κ3) is 4.13. The molecule has 1 aliphatic heterocycles. The number of alkyl halides is 3. The molecule has 0 aromatic heterocycles. The lowest BCUT2D eigenvalue weighted by atomic mass is 10.0. The van der Waals surface area contributed by atoms with E-state index in [0.717, 1.165) is 35.4 Å². The number of hydrogen-bond donors (Lipinski definition) is 0. The van der Waals surface area contributed by atoms with Crippen molar-refractivity contribution in [2.24, 2.45) is 0 Å². The van der Waals surface area contributed by atoms with E-state index < -0.39 is 29.6 Å². The highest BCUT2D eigenvalue weighted by atomic mass is 19.4. The summed E-state index contributed by atoms with van der Waals surface area (Å²) in [5.74, 6) is -1.14. The van der Waals surface area contributed by atoms with Crippen molar-refractivity contribution in [3.05, 3.63) is 70.3 Å². The van der Waals surface area contributed by atoms with Crippen molar-refractivity contribution in [3.63, 3.8) is 0 Å². The second-order valence-electron chi connectivity index (χ2n) is 8.39. The Hall–Kier alpha value is -3.16. The minimum absolute atomic E-state index is 0.0446. The molecule has 1 saturated carbocycles. The molecule has 0 N–H and O–H groups in total. The fraction of sp³-hybridized carbons (Fsp3) is 0.375. The fourth-order valence-electron chi connectivity index (χ4n) is 4.17. The van der Waals surface area contributed by atoms with Crippen LogP contribution in [-0.4, -0.2) is 40.1 Å². The number of fused-ring (bicyclic) bond motifs is 1. The van der Waals surface area contributed by atoms with Gasteiger partial charge in [0.05, 0.1) is 22.7 Å². The Bertz CT molecular complexity index is 1090. The van der Waals surface area contributed by atoms with Gasteiger partial charge in [0.25, 0.3) is 11.8 Å². The van der Waals surface area contributed by atoms with Crippen molar-refractivity contribution in [3.8, 4) is 0 Å². The van der Waals surface area contributed by atoms with Crippen LogP contribution in [0.25, 0.3) is 0 Å². The van der Waals surface area contributed by atoms with E-state index in [1.165, 1.54) is 6.07 Å². The van der Waals surface area contributed by atoms with Crippen molar-refractivity contribution < 1.29 is 27.6 Å². The van der Waals surface area contributed by atoms with Crippen molar-refractivity contribution in [1.29, 1.82) is 0 Å². The van der Waals surface area contributed by atoms with Crippen LogP contribution in [0.1, 0.15) is 69.6 Å². The van der Waals surface area contributed by atoms with Gasteiger partial charge in [0.15, 0.2) is 0 Å². The first-order valence-electron chi connectivity index (χ1n) is 10.5. The summed E-state index contributed by atoms with van der Waals surface area (Å²) in [6.07, 6.45) is -2.99. The van der Waals surface area contributed by atoms with Crippen LogP contribution >= 0.6 is 0 Å². The second kappa shape index (κ2) is 8.07. The average molecular weight is 444 g/mol. The van der Waals surface area contributed by atoms with Crippen LogP contribution in [0, 0.1) is 6.92 Å². The molecule has 0 saturated heterocycles. The van der Waals surface area contributed by atoms with E-state index >= 15 is 0 Å². The molecule has 1 unspecified atom stereocenters. The van der Waals surface area contributed by atoms with E-state index in [0.29, 0.717) is 16.7 Å². The van der Waals surface area contributed by atoms with E-state index in [4.69, 9.17) is 0 Å². The maximum atomic E-state index is 13.1. The highest BCUT2D eigenvalue weighted by molar-refractivity contribution is 6.21. The highest BCUT2D eigenvalue weighted by Gasteiger charge is 2.39. The Kier molecular flexibility index (Phi) is 5.56. The second-order valence-corrected chi connectivity index (χ2v) is 8.39. The van der Waals surface area contributed by atoms with E-state index in [-0.39, 0.29) is 24.9 Å². The molecular formula is C24H23F3N2O3. The number of benzene rings is 2. The van der Waals surface area contributed by atoms with Gasteiger partial charge in [0.1, 0.15) is 0 Å². The highest BCUT2D eigenvalue weighted by Crippen LogP contribution is 2.37. The zero-order valence-corrected chi connectivity index (χ0v) is 17.8. The third-order valence-corrected chi connectivity index (χ3v) is 6.02. The monoisotopic (exact) mass is 444 g/mol. The lowest BCUT2D eigenvalue weighted by Crippen LogP contribution is -2.39. The number of amides is 3. The van der Waals surface area contributed by atoms with Gasteiger partial charge in [0, 0.05) is 19.0 Å². The SMILES string of the molecule is Cc1ccc2c(c1)C(=O)N(CCC(=O)N(C1CC1)C(C)c1cccc(C(F)(F)F)c1)C2=O. The maximum Gasteiger partial charge on any atom is 0.416 e. The zero-order chi connectivity index (χ0) is 23.2. The summed E-state index contributed by atoms with van der Waals surface area (Å²) in [6.45, 7) is 3.46. The standard InChI is InChI=1S/C24H23F3N2O3/c1-14-6-9-19-20(12-14)23(32)28(22(19)31)11-10-21(30)29(18-7-8-18)15(2)16-4-3-5-17(13-16)24(25,26)27/h3-6,9,12-13,15,18H,7-8,10-11H2,1-2H3. The van der Waals surface area contributed by atoms with Crippen LogP contribution in [0.2, 0.25) is 0 Å². The van der Waals surface area contributed by atoms with Gasteiger partial charge in [-0.15, -0.1) is 0 Å². The smallest absolute Gasteiger partial charge is 0.333 e. The number of carbonyl (C=O) groups excluding carboxylic acids is 3.